The number of nitrogens with one attached hydrogen (secondary N) is 1. The van der Waals surface area contributed by atoms with E-state index in [0.717, 1.165) is 28.2 Å². The number of ether oxygens (including phenoxy) is 2. The van der Waals surface area contributed by atoms with Crippen molar-refractivity contribution in [3.05, 3.63) is 95.6 Å². The van der Waals surface area contributed by atoms with Crippen LogP contribution in [0.25, 0.3) is 0 Å². The average molecular weight is 392 g/mol. The highest BCUT2D eigenvalue weighted by Gasteiger charge is 2.17. The standard InChI is InChI=1S/C25H29NO3/c1-3-28-23-16-10-15-22(25(23)29-18-20-11-6-4-7-12-20)17-26-19(2)24(27)21-13-8-5-9-14-21/h4-16,19,24,26-27H,3,17-18H2,1-2H3. The first-order valence-electron chi connectivity index (χ1n) is 10.1. The molecule has 3 aromatic rings. The zero-order chi connectivity index (χ0) is 20.5. The van der Waals surface area contributed by atoms with Crippen LogP contribution >= 0.6 is 0 Å². The lowest BCUT2D eigenvalue weighted by atomic mass is 10.0. The van der Waals surface area contributed by atoms with Gasteiger partial charge in [-0.05, 0) is 31.0 Å². The quantitative estimate of drug-likeness (QED) is 0.517. The Bertz CT molecular complexity index is 868. The molecule has 0 fully saturated rings. The van der Waals surface area contributed by atoms with Crippen molar-refractivity contribution >= 4 is 0 Å². The molecule has 0 radical (unpaired) electrons. The highest BCUT2D eigenvalue weighted by molar-refractivity contribution is 5.47. The maximum absolute atomic E-state index is 10.6. The lowest BCUT2D eigenvalue weighted by Gasteiger charge is -2.22. The molecule has 3 rings (SSSR count). The molecule has 4 nitrogen and oxygen atoms in total. The van der Waals surface area contributed by atoms with Gasteiger partial charge in [0.05, 0.1) is 12.7 Å². The van der Waals surface area contributed by atoms with Gasteiger partial charge in [-0.2, -0.15) is 0 Å². The Hall–Kier alpha value is -2.82. The summed E-state index contributed by atoms with van der Waals surface area (Å²) in [4.78, 5) is 0. The highest BCUT2D eigenvalue weighted by atomic mass is 16.5. The van der Waals surface area contributed by atoms with Gasteiger partial charge in [-0.1, -0.05) is 72.8 Å². The van der Waals surface area contributed by atoms with Gasteiger partial charge in [-0.15, -0.1) is 0 Å². The lowest BCUT2D eigenvalue weighted by Crippen LogP contribution is -2.31. The minimum atomic E-state index is -0.583. The van der Waals surface area contributed by atoms with Crippen molar-refractivity contribution in [1.82, 2.24) is 5.32 Å². The van der Waals surface area contributed by atoms with E-state index in [1.54, 1.807) is 0 Å². The van der Waals surface area contributed by atoms with Gasteiger partial charge in [0.15, 0.2) is 11.5 Å². The second kappa shape index (κ2) is 10.6. The summed E-state index contributed by atoms with van der Waals surface area (Å²) in [6, 6.07) is 25.6. The summed E-state index contributed by atoms with van der Waals surface area (Å²) in [5.41, 5.74) is 3.00. The van der Waals surface area contributed by atoms with Crippen LogP contribution in [0.1, 0.15) is 36.6 Å². The fourth-order valence-electron chi connectivity index (χ4n) is 3.18. The van der Waals surface area contributed by atoms with E-state index >= 15 is 0 Å². The van der Waals surface area contributed by atoms with Crippen LogP contribution in [0, 0.1) is 0 Å². The summed E-state index contributed by atoms with van der Waals surface area (Å²) in [5.74, 6) is 1.48. The first-order valence-corrected chi connectivity index (χ1v) is 10.1. The van der Waals surface area contributed by atoms with Crippen LogP contribution in [0.15, 0.2) is 78.9 Å². The zero-order valence-electron chi connectivity index (χ0n) is 17.0. The van der Waals surface area contributed by atoms with Crippen LogP contribution in [0.5, 0.6) is 11.5 Å². The smallest absolute Gasteiger partial charge is 0.166 e. The van der Waals surface area contributed by atoms with Crippen molar-refractivity contribution in [3.8, 4) is 11.5 Å². The minimum Gasteiger partial charge on any atom is -0.490 e. The monoisotopic (exact) mass is 391 g/mol. The van der Waals surface area contributed by atoms with Crippen LogP contribution in [-0.2, 0) is 13.2 Å². The van der Waals surface area contributed by atoms with Gasteiger partial charge < -0.3 is 19.9 Å². The molecule has 0 saturated heterocycles. The van der Waals surface area contributed by atoms with E-state index in [1.807, 2.05) is 92.7 Å². The largest absolute Gasteiger partial charge is 0.490 e. The molecule has 0 spiro atoms. The van der Waals surface area contributed by atoms with Crippen LogP contribution in [0.3, 0.4) is 0 Å². The van der Waals surface area contributed by atoms with Gasteiger partial charge in [0, 0.05) is 18.2 Å². The molecule has 0 aliphatic rings. The van der Waals surface area contributed by atoms with E-state index in [0.29, 0.717) is 19.8 Å². The van der Waals surface area contributed by atoms with Gasteiger partial charge in [0.1, 0.15) is 6.61 Å². The van der Waals surface area contributed by atoms with Crippen LogP contribution in [-0.4, -0.2) is 17.8 Å². The van der Waals surface area contributed by atoms with Crippen molar-refractivity contribution in [2.24, 2.45) is 0 Å². The van der Waals surface area contributed by atoms with E-state index in [9.17, 15) is 5.11 Å². The summed E-state index contributed by atoms with van der Waals surface area (Å²) >= 11 is 0. The Labute approximate surface area is 173 Å². The normalized spacial score (nSPS) is 12.9. The summed E-state index contributed by atoms with van der Waals surface area (Å²) < 4.78 is 11.9. The molecule has 0 bridgehead atoms. The van der Waals surface area contributed by atoms with Gasteiger partial charge in [-0.25, -0.2) is 0 Å². The third-order valence-electron chi connectivity index (χ3n) is 4.82. The number of rotatable bonds is 10. The Morgan fingerprint density at radius 3 is 2.24 bits per heavy atom. The number of para-hydroxylation sites is 1. The Morgan fingerprint density at radius 2 is 1.55 bits per heavy atom. The molecule has 0 aliphatic heterocycles. The molecule has 2 N–H and O–H groups in total. The van der Waals surface area contributed by atoms with E-state index in [1.165, 1.54) is 0 Å². The van der Waals surface area contributed by atoms with Crippen molar-refractivity contribution in [2.75, 3.05) is 6.61 Å². The van der Waals surface area contributed by atoms with E-state index < -0.39 is 6.10 Å². The molecule has 0 amide bonds. The second-order valence-corrected chi connectivity index (χ2v) is 6.98. The van der Waals surface area contributed by atoms with Crippen molar-refractivity contribution in [3.63, 3.8) is 0 Å². The van der Waals surface area contributed by atoms with E-state index in [-0.39, 0.29) is 6.04 Å². The Balaban J connectivity index is 1.71. The SMILES string of the molecule is CCOc1cccc(CNC(C)C(O)c2ccccc2)c1OCc1ccccc1. The third-order valence-corrected chi connectivity index (χ3v) is 4.82. The molecule has 29 heavy (non-hydrogen) atoms. The van der Waals surface area contributed by atoms with Gasteiger partial charge >= 0.3 is 0 Å². The fraction of sp³-hybridized carbons (Fsp3) is 0.280. The van der Waals surface area contributed by atoms with Gasteiger partial charge in [-0.3, -0.25) is 0 Å². The van der Waals surface area contributed by atoms with Crippen LogP contribution in [0.4, 0.5) is 0 Å². The van der Waals surface area contributed by atoms with E-state index in [2.05, 4.69) is 5.32 Å². The predicted octanol–water partition coefficient (Wildman–Crippen LogP) is 4.88. The van der Waals surface area contributed by atoms with Crippen LogP contribution < -0.4 is 14.8 Å². The molecular formula is C25H29NO3. The zero-order valence-corrected chi connectivity index (χ0v) is 17.0. The summed E-state index contributed by atoms with van der Waals surface area (Å²) in [6.45, 7) is 5.55. The molecule has 2 unspecified atom stereocenters. The third kappa shape index (κ3) is 5.83. The summed E-state index contributed by atoms with van der Waals surface area (Å²) in [6.07, 6.45) is -0.583. The first kappa shape index (κ1) is 20.9. The molecule has 0 aromatic heterocycles. The fourth-order valence-corrected chi connectivity index (χ4v) is 3.18. The number of hydrogen-bond acceptors (Lipinski definition) is 4. The first-order chi connectivity index (χ1) is 14.2. The topological polar surface area (TPSA) is 50.7 Å². The van der Waals surface area contributed by atoms with Gasteiger partial charge in [0.2, 0.25) is 0 Å². The van der Waals surface area contributed by atoms with E-state index in [4.69, 9.17) is 9.47 Å². The van der Waals surface area contributed by atoms with Crippen molar-refractivity contribution in [2.45, 2.75) is 39.1 Å². The number of hydrogen-bond donors (Lipinski definition) is 2. The maximum Gasteiger partial charge on any atom is 0.166 e. The Morgan fingerprint density at radius 1 is 0.862 bits per heavy atom. The molecule has 0 heterocycles. The molecule has 0 aliphatic carbocycles. The molecule has 4 heteroatoms. The highest BCUT2D eigenvalue weighted by Crippen LogP contribution is 2.32. The molecule has 0 saturated carbocycles. The van der Waals surface area contributed by atoms with Crippen LogP contribution in [0.2, 0.25) is 0 Å². The molecule has 152 valence electrons. The number of benzene rings is 3. The summed E-state index contributed by atoms with van der Waals surface area (Å²) in [5, 5.41) is 14.0. The van der Waals surface area contributed by atoms with Crippen molar-refractivity contribution < 1.29 is 14.6 Å². The number of aliphatic hydroxyl groups excluding tert-OH is 1. The Kier molecular flexibility index (Phi) is 7.68. The molecule has 3 aromatic carbocycles. The molecular weight excluding hydrogens is 362 g/mol. The minimum absolute atomic E-state index is 0.116. The summed E-state index contributed by atoms with van der Waals surface area (Å²) in [7, 11) is 0. The average Bonchev–Trinajstić information content (AvgIpc) is 2.77. The molecule has 2 atom stereocenters. The predicted molar refractivity (Wildman–Crippen MR) is 116 cm³/mol. The maximum atomic E-state index is 10.6. The van der Waals surface area contributed by atoms with Crippen molar-refractivity contribution in [1.29, 1.82) is 0 Å². The lowest BCUT2D eigenvalue weighted by molar-refractivity contribution is 0.135. The number of aliphatic hydroxyl groups is 1. The van der Waals surface area contributed by atoms with Gasteiger partial charge in [0.25, 0.3) is 0 Å². The second-order valence-electron chi connectivity index (χ2n) is 6.98.